The summed E-state index contributed by atoms with van der Waals surface area (Å²) in [5, 5.41) is 5.06. The Morgan fingerprint density at radius 2 is 1.55 bits per heavy atom. The smallest absolute Gasteiger partial charge is 0.178 e. The van der Waals surface area contributed by atoms with Crippen molar-refractivity contribution in [1.82, 2.24) is 10.2 Å². The van der Waals surface area contributed by atoms with E-state index in [2.05, 4.69) is 83.9 Å². The minimum atomic E-state index is 0. The van der Waals surface area contributed by atoms with Gasteiger partial charge in [0.05, 0.1) is 7.11 Å². The molecule has 2 aromatic carbocycles. The van der Waals surface area contributed by atoms with Crippen LogP contribution in [0.4, 0.5) is 0 Å². The van der Waals surface area contributed by atoms with Gasteiger partial charge in [-0.1, -0.05) is 60.7 Å². The first kappa shape index (κ1) is 26.1. The lowest BCUT2D eigenvalue weighted by molar-refractivity contribution is 0.00464. The first-order valence-corrected chi connectivity index (χ1v) is 12.3. The molecule has 0 unspecified atom stereocenters. The van der Waals surface area contributed by atoms with Gasteiger partial charge in [-0.25, -0.2) is 0 Å². The highest BCUT2D eigenvalue weighted by Crippen LogP contribution is 2.42. The summed E-state index contributed by atoms with van der Waals surface area (Å²) in [6.07, 6.45) is 2.59. The highest BCUT2D eigenvalue weighted by atomic mass is 35.5. The molecule has 178 valence electrons. The Labute approximate surface area is 214 Å². The summed E-state index contributed by atoms with van der Waals surface area (Å²) >= 11 is 1.74. The maximum absolute atomic E-state index is 5.65. The molecular formula is C27H34Cl2N2OS. The molecule has 6 rings (SSSR count). The molecule has 33 heavy (non-hydrogen) atoms. The molecule has 4 heterocycles. The maximum atomic E-state index is 5.65. The monoisotopic (exact) mass is 504 g/mol. The van der Waals surface area contributed by atoms with Crippen molar-refractivity contribution in [1.29, 1.82) is 0 Å². The van der Waals surface area contributed by atoms with Crippen LogP contribution in [0.15, 0.2) is 66.7 Å². The molecule has 3 aliphatic rings. The van der Waals surface area contributed by atoms with Crippen molar-refractivity contribution in [2.75, 3.05) is 20.2 Å². The summed E-state index contributed by atoms with van der Waals surface area (Å²) in [6, 6.07) is 25.4. The van der Waals surface area contributed by atoms with Gasteiger partial charge in [0.1, 0.15) is 0 Å². The van der Waals surface area contributed by atoms with E-state index in [1.807, 2.05) is 0 Å². The standard InChI is InChI=1S/C27H32N2OS.2ClH/c1-19-17-23(27(30-2)31-19)18-28-25-22-13-15-29(16-14-22)26(25)24(20-9-5-3-6-10-20)21-11-7-4-8-12-21;;/h3-12,17,22,24-26,28H,13-16,18H2,1-2H3;2*1H/t25-,26-;;/m0../s1. The molecule has 3 fully saturated rings. The average molecular weight is 506 g/mol. The van der Waals surface area contributed by atoms with Gasteiger partial charge < -0.3 is 10.1 Å². The Balaban J connectivity index is 0.00000153. The number of halogens is 2. The van der Waals surface area contributed by atoms with Crippen molar-refractivity contribution in [2.45, 2.75) is 44.3 Å². The summed E-state index contributed by atoms with van der Waals surface area (Å²) in [5.74, 6) is 1.10. The number of fused-ring (bicyclic) bond motifs is 3. The van der Waals surface area contributed by atoms with Crippen LogP contribution in [0.1, 0.15) is 40.3 Å². The van der Waals surface area contributed by atoms with E-state index in [4.69, 9.17) is 4.74 Å². The van der Waals surface area contributed by atoms with Crippen LogP contribution in [0.2, 0.25) is 0 Å². The van der Waals surface area contributed by atoms with Gasteiger partial charge in [-0.15, -0.1) is 36.2 Å². The third-order valence-corrected chi connectivity index (χ3v) is 8.19. The van der Waals surface area contributed by atoms with Gasteiger partial charge in [-0.3, -0.25) is 4.90 Å². The molecule has 3 aliphatic heterocycles. The molecule has 3 saturated heterocycles. The summed E-state index contributed by atoms with van der Waals surface area (Å²) in [4.78, 5) is 4.06. The summed E-state index contributed by atoms with van der Waals surface area (Å²) < 4.78 is 5.65. The number of rotatable bonds is 7. The van der Waals surface area contributed by atoms with E-state index in [1.54, 1.807) is 18.4 Å². The molecule has 2 bridgehead atoms. The van der Waals surface area contributed by atoms with Gasteiger partial charge in [0.2, 0.25) is 0 Å². The van der Waals surface area contributed by atoms with E-state index in [9.17, 15) is 0 Å². The molecule has 3 aromatic rings. The van der Waals surface area contributed by atoms with E-state index in [0.29, 0.717) is 18.0 Å². The Hall–Kier alpha value is -1.56. The zero-order valence-electron chi connectivity index (χ0n) is 19.3. The van der Waals surface area contributed by atoms with Crippen molar-refractivity contribution in [3.8, 4) is 5.06 Å². The highest BCUT2D eigenvalue weighted by molar-refractivity contribution is 7.13. The minimum Gasteiger partial charge on any atom is -0.487 e. The van der Waals surface area contributed by atoms with Crippen LogP contribution in [0, 0.1) is 12.8 Å². The first-order valence-electron chi connectivity index (χ1n) is 11.4. The van der Waals surface area contributed by atoms with Gasteiger partial charge in [0, 0.05) is 35.0 Å². The molecule has 0 amide bonds. The molecule has 2 atom stereocenters. The number of benzene rings is 2. The molecule has 0 saturated carbocycles. The van der Waals surface area contributed by atoms with Crippen LogP contribution in [0.3, 0.4) is 0 Å². The van der Waals surface area contributed by atoms with Gasteiger partial charge in [0.15, 0.2) is 5.06 Å². The quantitative estimate of drug-likeness (QED) is 0.408. The second-order valence-corrected chi connectivity index (χ2v) is 10.2. The second-order valence-electron chi connectivity index (χ2n) is 8.94. The fourth-order valence-corrected chi connectivity index (χ4v) is 6.60. The molecule has 0 radical (unpaired) electrons. The molecule has 0 aliphatic carbocycles. The molecule has 0 spiro atoms. The van der Waals surface area contributed by atoms with Crippen LogP contribution in [0.25, 0.3) is 0 Å². The Morgan fingerprint density at radius 1 is 0.970 bits per heavy atom. The first-order chi connectivity index (χ1) is 15.2. The number of hydrogen-bond acceptors (Lipinski definition) is 4. The van der Waals surface area contributed by atoms with E-state index in [0.717, 1.165) is 17.5 Å². The molecule has 3 nitrogen and oxygen atoms in total. The number of nitrogens with one attached hydrogen (secondary N) is 1. The molecule has 1 aromatic heterocycles. The number of methoxy groups -OCH3 is 1. The topological polar surface area (TPSA) is 24.5 Å². The lowest BCUT2D eigenvalue weighted by Gasteiger charge is -2.54. The fourth-order valence-electron chi connectivity index (χ4n) is 5.77. The van der Waals surface area contributed by atoms with E-state index in [1.165, 1.54) is 47.5 Å². The third kappa shape index (κ3) is 5.41. The third-order valence-electron chi connectivity index (χ3n) is 7.14. The van der Waals surface area contributed by atoms with Crippen molar-refractivity contribution in [3.05, 3.63) is 88.3 Å². The Bertz CT molecular complexity index is 950. The highest BCUT2D eigenvalue weighted by Gasteiger charge is 2.46. The zero-order valence-corrected chi connectivity index (χ0v) is 21.7. The lowest BCUT2D eigenvalue weighted by Crippen LogP contribution is -2.64. The Morgan fingerprint density at radius 3 is 2.09 bits per heavy atom. The molecule has 1 N–H and O–H groups in total. The van der Waals surface area contributed by atoms with E-state index >= 15 is 0 Å². The fraction of sp³-hybridized carbons (Fsp3) is 0.407. The number of hydrogen-bond donors (Lipinski definition) is 1. The average Bonchev–Trinajstić information content (AvgIpc) is 3.20. The number of piperidine rings is 3. The number of aryl methyl sites for hydroxylation is 1. The van der Waals surface area contributed by atoms with Crippen LogP contribution in [-0.4, -0.2) is 37.2 Å². The summed E-state index contributed by atoms with van der Waals surface area (Å²) in [5.41, 5.74) is 4.13. The van der Waals surface area contributed by atoms with Crippen LogP contribution >= 0.6 is 36.2 Å². The number of nitrogens with zero attached hydrogens (tertiary/aromatic N) is 1. The van der Waals surface area contributed by atoms with Gasteiger partial charge in [0.25, 0.3) is 0 Å². The van der Waals surface area contributed by atoms with Gasteiger partial charge in [-0.05, 0) is 56.0 Å². The van der Waals surface area contributed by atoms with Crippen molar-refractivity contribution < 1.29 is 4.74 Å². The summed E-state index contributed by atoms with van der Waals surface area (Å²) in [6.45, 7) is 5.46. The van der Waals surface area contributed by atoms with Crippen LogP contribution in [0.5, 0.6) is 5.06 Å². The van der Waals surface area contributed by atoms with Crippen molar-refractivity contribution in [3.63, 3.8) is 0 Å². The molecular weight excluding hydrogens is 471 g/mol. The number of thiophene rings is 1. The van der Waals surface area contributed by atoms with E-state index in [-0.39, 0.29) is 24.8 Å². The Kier molecular flexibility index (Phi) is 9.25. The van der Waals surface area contributed by atoms with E-state index < -0.39 is 0 Å². The maximum Gasteiger partial charge on any atom is 0.178 e. The van der Waals surface area contributed by atoms with Gasteiger partial charge >= 0.3 is 0 Å². The predicted octanol–water partition coefficient (Wildman–Crippen LogP) is 6.29. The zero-order chi connectivity index (χ0) is 21.2. The lowest BCUT2D eigenvalue weighted by atomic mass is 9.70. The van der Waals surface area contributed by atoms with Crippen molar-refractivity contribution >= 4 is 36.2 Å². The number of ether oxygens (including phenoxy) is 1. The predicted molar refractivity (Wildman–Crippen MR) is 144 cm³/mol. The van der Waals surface area contributed by atoms with Crippen LogP contribution < -0.4 is 10.1 Å². The normalized spacial score (nSPS) is 23.6. The summed E-state index contributed by atoms with van der Waals surface area (Å²) in [7, 11) is 1.78. The minimum absolute atomic E-state index is 0. The second kappa shape index (κ2) is 11.7. The SMILES string of the molecule is COc1sc(C)cc1CN[C@H]1C2CCN(CC2)[C@H]1C(c1ccccc1)c1ccccc1.Cl.Cl. The van der Waals surface area contributed by atoms with Crippen LogP contribution in [-0.2, 0) is 6.54 Å². The largest absolute Gasteiger partial charge is 0.487 e. The van der Waals surface area contributed by atoms with Crippen molar-refractivity contribution in [2.24, 2.45) is 5.92 Å². The molecule has 6 heteroatoms. The van der Waals surface area contributed by atoms with Gasteiger partial charge in [-0.2, -0.15) is 0 Å².